The van der Waals surface area contributed by atoms with E-state index in [4.69, 9.17) is 21.1 Å². The summed E-state index contributed by atoms with van der Waals surface area (Å²) < 4.78 is 10.6. The number of nitrogens with one attached hydrogen (secondary N) is 1. The predicted molar refractivity (Wildman–Crippen MR) is 120 cm³/mol. The van der Waals surface area contributed by atoms with E-state index in [9.17, 15) is 9.59 Å². The minimum absolute atomic E-state index is 0.170. The Morgan fingerprint density at radius 1 is 0.806 bits per heavy atom. The van der Waals surface area contributed by atoms with Crippen LogP contribution in [0.4, 0.5) is 11.4 Å². The van der Waals surface area contributed by atoms with Crippen molar-refractivity contribution in [3.8, 4) is 11.5 Å². The summed E-state index contributed by atoms with van der Waals surface area (Å²) in [5, 5.41) is 3.65. The molecule has 1 heterocycles. The number of amides is 2. The monoisotopic (exact) mass is 434 g/mol. The van der Waals surface area contributed by atoms with Crippen molar-refractivity contribution in [2.75, 3.05) is 24.4 Å². The second-order valence-electron chi connectivity index (χ2n) is 6.73. The first-order chi connectivity index (χ1) is 15.0. The van der Waals surface area contributed by atoms with Crippen LogP contribution in [0.2, 0.25) is 5.02 Å². The number of para-hydroxylation sites is 1. The maximum atomic E-state index is 13.4. The van der Waals surface area contributed by atoms with Crippen LogP contribution in [-0.4, -0.2) is 26.0 Å². The van der Waals surface area contributed by atoms with Gasteiger partial charge >= 0.3 is 0 Å². The molecular weight excluding hydrogens is 416 g/mol. The van der Waals surface area contributed by atoms with Crippen molar-refractivity contribution in [1.82, 2.24) is 0 Å². The van der Waals surface area contributed by atoms with E-state index in [0.717, 1.165) is 4.90 Å². The summed E-state index contributed by atoms with van der Waals surface area (Å²) in [4.78, 5) is 27.9. The number of hydrogen-bond donors (Lipinski definition) is 1. The van der Waals surface area contributed by atoms with Gasteiger partial charge in [-0.15, -0.1) is 0 Å². The SMILES string of the molecule is COc1ccc(NC2=C(c3ccc(Cl)cc3)C(=O)N(c3ccccc3)C2=O)cc1OC. The van der Waals surface area contributed by atoms with Crippen LogP contribution in [0.1, 0.15) is 5.56 Å². The van der Waals surface area contributed by atoms with Crippen LogP contribution in [-0.2, 0) is 9.59 Å². The van der Waals surface area contributed by atoms with Crippen LogP contribution >= 0.6 is 11.6 Å². The molecule has 0 fully saturated rings. The van der Waals surface area contributed by atoms with E-state index in [1.165, 1.54) is 7.11 Å². The van der Waals surface area contributed by atoms with Gasteiger partial charge < -0.3 is 14.8 Å². The fraction of sp³-hybridized carbons (Fsp3) is 0.0833. The first-order valence-corrected chi connectivity index (χ1v) is 9.84. The lowest BCUT2D eigenvalue weighted by Gasteiger charge is -2.15. The average Bonchev–Trinajstić information content (AvgIpc) is 3.04. The molecule has 4 rings (SSSR count). The molecule has 6 nitrogen and oxygen atoms in total. The molecule has 0 saturated carbocycles. The number of carbonyl (C=O) groups is 2. The molecule has 0 aliphatic carbocycles. The van der Waals surface area contributed by atoms with Crippen LogP contribution in [0.5, 0.6) is 11.5 Å². The van der Waals surface area contributed by atoms with E-state index in [2.05, 4.69) is 5.32 Å². The van der Waals surface area contributed by atoms with Crippen molar-refractivity contribution >= 4 is 40.4 Å². The maximum Gasteiger partial charge on any atom is 0.282 e. The topological polar surface area (TPSA) is 67.9 Å². The number of benzene rings is 3. The maximum absolute atomic E-state index is 13.4. The first kappa shape index (κ1) is 20.5. The molecule has 1 aliphatic rings. The van der Waals surface area contributed by atoms with Crippen LogP contribution in [0.15, 0.2) is 78.5 Å². The summed E-state index contributed by atoms with van der Waals surface area (Å²) in [6.45, 7) is 0. The normalized spacial score (nSPS) is 13.6. The largest absolute Gasteiger partial charge is 0.493 e. The fourth-order valence-electron chi connectivity index (χ4n) is 3.40. The van der Waals surface area contributed by atoms with Gasteiger partial charge in [0.2, 0.25) is 0 Å². The van der Waals surface area contributed by atoms with Gasteiger partial charge in [-0.1, -0.05) is 41.9 Å². The Morgan fingerprint density at radius 3 is 2.13 bits per heavy atom. The average molecular weight is 435 g/mol. The number of ether oxygens (including phenoxy) is 2. The number of halogens is 1. The molecule has 3 aromatic carbocycles. The van der Waals surface area contributed by atoms with Crippen LogP contribution in [0.25, 0.3) is 5.57 Å². The number of nitrogens with zero attached hydrogens (tertiary/aromatic N) is 1. The fourth-order valence-corrected chi connectivity index (χ4v) is 3.53. The molecule has 0 saturated heterocycles. The van der Waals surface area contributed by atoms with Gasteiger partial charge in [-0.2, -0.15) is 0 Å². The number of methoxy groups -OCH3 is 2. The molecule has 0 spiro atoms. The van der Waals surface area contributed by atoms with E-state index in [1.807, 2.05) is 6.07 Å². The Balaban J connectivity index is 1.81. The van der Waals surface area contributed by atoms with E-state index < -0.39 is 11.8 Å². The lowest BCUT2D eigenvalue weighted by Crippen LogP contribution is -2.32. The van der Waals surface area contributed by atoms with Crippen LogP contribution < -0.4 is 19.7 Å². The molecule has 3 aromatic rings. The lowest BCUT2D eigenvalue weighted by atomic mass is 10.0. The lowest BCUT2D eigenvalue weighted by molar-refractivity contribution is -0.120. The number of rotatable bonds is 6. The van der Waals surface area contributed by atoms with Gasteiger partial charge in [-0.05, 0) is 42.0 Å². The quantitative estimate of drug-likeness (QED) is 0.567. The summed E-state index contributed by atoms with van der Waals surface area (Å²) in [5.74, 6) is 0.190. The standard InChI is InChI=1S/C24H19ClN2O4/c1-30-19-13-12-17(14-20(19)31-2)26-22-21(15-8-10-16(25)11-9-15)23(28)27(24(22)29)18-6-4-3-5-7-18/h3-14,26H,1-2H3. The minimum Gasteiger partial charge on any atom is -0.493 e. The molecule has 2 amide bonds. The third-order valence-electron chi connectivity index (χ3n) is 4.88. The van der Waals surface area contributed by atoms with Gasteiger partial charge in [0.25, 0.3) is 11.8 Å². The third kappa shape index (κ3) is 3.85. The minimum atomic E-state index is -0.448. The summed E-state index contributed by atoms with van der Waals surface area (Å²) in [5.41, 5.74) is 2.09. The highest BCUT2D eigenvalue weighted by atomic mass is 35.5. The van der Waals surface area contributed by atoms with Gasteiger partial charge in [0, 0.05) is 16.8 Å². The molecule has 0 bridgehead atoms. The van der Waals surface area contributed by atoms with Crippen molar-refractivity contribution in [2.45, 2.75) is 0 Å². The molecule has 0 unspecified atom stereocenters. The molecule has 156 valence electrons. The number of hydrogen-bond acceptors (Lipinski definition) is 5. The second-order valence-corrected chi connectivity index (χ2v) is 7.17. The summed E-state index contributed by atoms with van der Waals surface area (Å²) in [6, 6.07) is 20.8. The zero-order chi connectivity index (χ0) is 22.0. The van der Waals surface area contributed by atoms with E-state index >= 15 is 0 Å². The van der Waals surface area contributed by atoms with Gasteiger partial charge in [0.1, 0.15) is 5.70 Å². The molecular formula is C24H19ClN2O4. The molecule has 31 heavy (non-hydrogen) atoms. The Kier molecular flexibility index (Phi) is 5.64. The Morgan fingerprint density at radius 2 is 1.48 bits per heavy atom. The zero-order valence-electron chi connectivity index (χ0n) is 16.9. The third-order valence-corrected chi connectivity index (χ3v) is 5.14. The van der Waals surface area contributed by atoms with E-state index in [0.29, 0.717) is 33.5 Å². The highest BCUT2D eigenvalue weighted by Crippen LogP contribution is 2.36. The van der Waals surface area contributed by atoms with Gasteiger partial charge in [0.05, 0.1) is 25.5 Å². The van der Waals surface area contributed by atoms with E-state index in [-0.39, 0.29) is 11.3 Å². The van der Waals surface area contributed by atoms with Crippen molar-refractivity contribution in [2.24, 2.45) is 0 Å². The van der Waals surface area contributed by atoms with Gasteiger partial charge in [0.15, 0.2) is 11.5 Å². The number of carbonyl (C=O) groups excluding carboxylic acids is 2. The van der Waals surface area contributed by atoms with Crippen molar-refractivity contribution in [3.63, 3.8) is 0 Å². The zero-order valence-corrected chi connectivity index (χ0v) is 17.6. The molecule has 0 radical (unpaired) electrons. The van der Waals surface area contributed by atoms with Crippen LogP contribution in [0, 0.1) is 0 Å². The number of imide groups is 1. The highest BCUT2D eigenvalue weighted by molar-refractivity contribution is 6.46. The predicted octanol–water partition coefficient (Wildman–Crippen LogP) is 4.75. The first-order valence-electron chi connectivity index (χ1n) is 9.46. The van der Waals surface area contributed by atoms with Gasteiger partial charge in [-0.25, -0.2) is 4.90 Å². The number of anilines is 2. The molecule has 0 aromatic heterocycles. The van der Waals surface area contributed by atoms with Crippen molar-refractivity contribution in [1.29, 1.82) is 0 Å². The Hall–Kier alpha value is -3.77. The highest BCUT2D eigenvalue weighted by Gasteiger charge is 2.40. The Labute approximate surface area is 184 Å². The van der Waals surface area contributed by atoms with E-state index in [1.54, 1.807) is 73.8 Å². The van der Waals surface area contributed by atoms with Gasteiger partial charge in [-0.3, -0.25) is 9.59 Å². The smallest absolute Gasteiger partial charge is 0.282 e. The summed E-state index contributed by atoms with van der Waals surface area (Å²) in [7, 11) is 3.07. The summed E-state index contributed by atoms with van der Waals surface area (Å²) >= 11 is 6.02. The molecule has 0 atom stereocenters. The Bertz CT molecular complexity index is 1170. The molecule has 7 heteroatoms. The van der Waals surface area contributed by atoms with Crippen molar-refractivity contribution < 1.29 is 19.1 Å². The second kappa shape index (κ2) is 8.53. The van der Waals surface area contributed by atoms with Crippen molar-refractivity contribution in [3.05, 3.63) is 89.1 Å². The summed E-state index contributed by atoms with van der Waals surface area (Å²) in [6.07, 6.45) is 0. The molecule has 1 N–H and O–H groups in total. The van der Waals surface area contributed by atoms with Crippen LogP contribution in [0.3, 0.4) is 0 Å². The molecule has 1 aliphatic heterocycles.